The molecule has 0 radical (unpaired) electrons. The van der Waals surface area contributed by atoms with Crippen LogP contribution in [0.3, 0.4) is 0 Å². The Hall–Kier alpha value is -1.88. The van der Waals surface area contributed by atoms with Crippen molar-refractivity contribution in [2.45, 2.75) is 25.5 Å². The van der Waals surface area contributed by atoms with Gasteiger partial charge in [-0.15, -0.1) is 0 Å². The monoisotopic (exact) mass is 263 g/mol. The van der Waals surface area contributed by atoms with Gasteiger partial charge in [-0.1, -0.05) is 0 Å². The minimum atomic E-state index is -0.486. The van der Waals surface area contributed by atoms with Gasteiger partial charge in [0.25, 0.3) is 0 Å². The number of ether oxygens (including phenoxy) is 1. The third-order valence-electron chi connectivity index (χ3n) is 3.49. The second-order valence-corrected chi connectivity index (χ2v) is 4.76. The zero-order valence-electron chi connectivity index (χ0n) is 10.5. The van der Waals surface area contributed by atoms with Crippen molar-refractivity contribution in [3.63, 3.8) is 0 Å². The molecule has 1 heterocycles. The minimum Gasteiger partial charge on any atom is -0.492 e. The highest BCUT2D eigenvalue weighted by Gasteiger charge is 2.27. The maximum absolute atomic E-state index is 13.8. The molecule has 0 saturated heterocycles. The molecule has 0 aliphatic heterocycles. The second kappa shape index (κ2) is 4.35. The van der Waals surface area contributed by atoms with Gasteiger partial charge in [0.2, 0.25) is 0 Å². The molecule has 1 aromatic heterocycles. The number of benzene rings is 1. The van der Waals surface area contributed by atoms with Crippen LogP contribution < -0.4 is 10.2 Å². The molecule has 0 amide bonds. The minimum absolute atomic E-state index is 0.0889. The SMILES string of the molecule is COc1c(F)ccc2c(=O)c(CO)cn(C3CC3)c12. The zero-order chi connectivity index (χ0) is 13.6. The van der Waals surface area contributed by atoms with Crippen LogP contribution in [0.1, 0.15) is 24.4 Å². The lowest BCUT2D eigenvalue weighted by atomic mass is 10.1. The van der Waals surface area contributed by atoms with Crippen molar-refractivity contribution >= 4 is 10.9 Å². The van der Waals surface area contributed by atoms with Gasteiger partial charge in [-0.2, -0.15) is 0 Å². The summed E-state index contributed by atoms with van der Waals surface area (Å²) < 4.78 is 20.8. The van der Waals surface area contributed by atoms with E-state index in [0.717, 1.165) is 12.8 Å². The van der Waals surface area contributed by atoms with E-state index in [-0.39, 0.29) is 23.8 Å². The molecule has 1 aliphatic carbocycles. The number of pyridine rings is 1. The predicted octanol–water partition coefficient (Wildman–Crippen LogP) is 1.98. The lowest BCUT2D eigenvalue weighted by Crippen LogP contribution is -2.15. The number of methoxy groups -OCH3 is 1. The van der Waals surface area contributed by atoms with Crippen LogP contribution in [-0.2, 0) is 6.61 Å². The number of halogens is 1. The molecule has 0 bridgehead atoms. The molecule has 1 aromatic carbocycles. The Balaban J connectivity index is 2.46. The summed E-state index contributed by atoms with van der Waals surface area (Å²) >= 11 is 0. The largest absolute Gasteiger partial charge is 0.492 e. The Kier molecular flexibility index (Phi) is 2.78. The van der Waals surface area contributed by atoms with Crippen LogP contribution >= 0.6 is 0 Å². The van der Waals surface area contributed by atoms with Crippen LogP contribution in [0.4, 0.5) is 4.39 Å². The highest BCUT2D eigenvalue weighted by Crippen LogP contribution is 2.39. The van der Waals surface area contributed by atoms with E-state index in [4.69, 9.17) is 4.74 Å². The summed E-state index contributed by atoms with van der Waals surface area (Å²) in [5.74, 6) is -0.397. The molecule has 2 aromatic rings. The number of hydrogen-bond donors (Lipinski definition) is 1. The molecule has 1 fully saturated rings. The van der Waals surface area contributed by atoms with Crippen LogP contribution in [0.2, 0.25) is 0 Å². The molecular formula is C14H14FNO3. The van der Waals surface area contributed by atoms with Crippen molar-refractivity contribution < 1.29 is 14.2 Å². The lowest BCUT2D eigenvalue weighted by Gasteiger charge is -2.15. The number of aliphatic hydroxyl groups is 1. The summed E-state index contributed by atoms with van der Waals surface area (Å²) in [6.07, 6.45) is 3.59. The van der Waals surface area contributed by atoms with E-state index in [1.165, 1.54) is 19.2 Å². The smallest absolute Gasteiger partial charge is 0.195 e. The first-order valence-corrected chi connectivity index (χ1v) is 6.18. The molecular weight excluding hydrogens is 249 g/mol. The van der Waals surface area contributed by atoms with E-state index in [0.29, 0.717) is 16.5 Å². The number of aromatic nitrogens is 1. The van der Waals surface area contributed by atoms with E-state index < -0.39 is 5.82 Å². The Bertz CT molecular complexity index is 704. The van der Waals surface area contributed by atoms with Crippen molar-refractivity contribution in [2.75, 3.05) is 7.11 Å². The highest BCUT2D eigenvalue weighted by molar-refractivity contribution is 5.86. The molecule has 1 saturated carbocycles. The average Bonchev–Trinajstić information content (AvgIpc) is 3.23. The van der Waals surface area contributed by atoms with E-state index in [2.05, 4.69) is 0 Å². The standard InChI is InChI=1S/C14H14FNO3/c1-19-14-11(15)5-4-10-12(14)16(9-2-3-9)6-8(7-17)13(10)18/h4-6,9,17H,2-3,7H2,1H3. The van der Waals surface area contributed by atoms with Gasteiger partial charge in [0.15, 0.2) is 17.0 Å². The van der Waals surface area contributed by atoms with Gasteiger partial charge >= 0.3 is 0 Å². The van der Waals surface area contributed by atoms with Crippen LogP contribution in [0, 0.1) is 5.82 Å². The number of hydrogen-bond acceptors (Lipinski definition) is 3. The Morgan fingerprint density at radius 2 is 2.21 bits per heavy atom. The van der Waals surface area contributed by atoms with Gasteiger partial charge in [-0.05, 0) is 25.0 Å². The van der Waals surface area contributed by atoms with Crippen molar-refractivity contribution in [3.05, 3.63) is 39.9 Å². The third kappa shape index (κ3) is 1.81. The number of rotatable bonds is 3. The first-order chi connectivity index (χ1) is 9.17. The highest BCUT2D eigenvalue weighted by atomic mass is 19.1. The molecule has 19 heavy (non-hydrogen) atoms. The van der Waals surface area contributed by atoms with Crippen molar-refractivity contribution in [1.82, 2.24) is 4.57 Å². The van der Waals surface area contributed by atoms with Gasteiger partial charge in [-0.3, -0.25) is 4.79 Å². The summed E-state index contributed by atoms with van der Waals surface area (Å²) in [5, 5.41) is 9.65. The van der Waals surface area contributed by atoms with Gasteiger partial charge in [0.05, 0.1) is 24.6 Å². The molecule has 100 valence electrons. The Labute approximate surface area is 109 Å². The molecule has 4 nitrogen and oxygen atoms in total. The predicted molar refractivity (Wildman–Crippen MR) is 68.9 cm³/mol. The molecule has 5 heteroatoms. The van der Waals surface area contributed by atoms with Crippen molar-refractivity contribution in [2.24, 2.45) is 0 Å². The molecule has 1 aliphatic rings. The number of fused-ring (bicyclic) bond motifs is 1. The van der Waals surface area contributed by atoms with E-state index >= 15 is 0 Å². The second-order valence-electron chi connectivity index (χ2n) is 4.76. The van der Waals surface area contributed by atoms with Crippen molar-refractivity contribution in [1.29, 1.82) is 0 Å². The lowest BCUT2D eigenvalue weighted by molar-refractivity contribution is 0.280. The van der Waals surface area contributed by atoms with Crippen LogP contribution in [0.15, 0.2) is 23.1 Å². The van der Waals surface area contributed by atoms with Gasteiger partial charge < -0.3 is 14.4 Å². The molecule has 0 spiro atoms. The van der Waals surface area contributed by atoms with Crippen molar-refractivity contribution in [3.8, 4) is 5.75 Å². The number of nitrogens with zero attached hydrogens (tertiary/aromatic N) is 1. The Morgan fingerprint density at radius 1 is 1.47 bits per heavy atom. The fourth-order valence-corrected chi connectivity index (χ4v) is 2.40. The zero-order valence-corrected chi connectivity index (χ0v) is 10.5. The van der Waals surface area contributed by atoms with Gasteiger partial charge in [-0.25, -0.2) is 4.39 Å². The van der Waals surface area contributed by atoms with Crippen LogP contribution in [0.25, 0.3) is 10.9 Å². The maximum atomic E-state index is 13.8. The van der Waals surface area contributed by atoms with Crippen LogP contribution in [0.5, 0.6) is 5.75 Å². The fraction of sp³-hybridized carbons (Fsp3) is 0.357. The van der Waals surface area contributed by atoms with E-state index in [9.17, 15) is 14.3 Å². The number of aliphatic hydroxyl groups excluding tert-OH is 1. The van der Waals surface area contributed by atoms with Gasteiger partial charge in [0, 0.05) is 17.8 Å². The topological polar surface area (TPSA) is 51.5 Å². The quantitative estimate of drug-likeness (QED) is 0.921. The molecule has 1 N–H and O–H groups in total. The summed E-state index contributed by atoms with van der Waals surface area (Å²) in [4.78, 5) is 12.2. The summed E-state index contributed by atoms with van der Waals surface area (Å²) in [7, 11) is 1.39. The van der Waals surface area contributed by atoms with E-state index in [1.54, 1.807) is 6.20 Å². The van der Waals surface area contributed by atoms with Crippen LogP contribution in [-0.4, -0.2) is 16.8 Å². The summed E-state index contributed by atoms with van der Waals surface area (Å²) in [6.45, 7) is -0.318. The summed E-state index contributed by atoms with van der Waals surface area (Å²) in [5.41, 5.74) is 0.535. The Morgan fingerprint density at radius 3 is 2.79 bits per heavy atom. The van der Waals surface area contributed by atoms with E-state index in [1.807, 2.05) is 4.57 Å². The normalized spacial score (nSPS) is 14.9. The first-order valence-electron chi connectivity index (χ1n) is 6.18. The molecule has 3 rings (SSSR count). The average molecular weight is 263 g/mol. The van der Waals surface area contributed by atoms with Gasteiger partial charge in [0.1, 0.15) is 0 Å². The maximum Gasteiger partial charge on any atom is 0.195 e. The first kappa shape index (κ1) is 12.2. The molecule has 0 unspecified atom stereocenters. The summed E-state index contributed by atoms with van der Waals surface area (Å²) in [6, 6.07) is 2.93. The third-order valence-corrected chi connectivity index (χ3v) is 3.49. The fourth-order valence-electron chi connectivity index (χ4n) is 2.40. The molecule has 0 atom stereocenters.